The second-order valence-electron chi connectivity index (χ2n) is 5.97. The summed E-state index contributed by atoms with van der Waals surface area (Å²) in [5, 5.41) is 0. The van der Waals surface area contributed by atoms with Gasteiger partial charge in [0.05, 0.1) is 35.0 Å². The van der Waals surface area contributed by atoms with Gasteiger partial charge in [-0.2, -0.15) is 0 Å². The van der Waals surface area contributed by atoms with Gasteiger partial charge in [0.15, 0.2) is 0 Å². The zero-order chi connectivity index (χ0) is 19.2. The molecule has 3 rings (SSSR count). The predicted octanol–water partition coefficient (Wildman–Crippen LogP) is 4.42. The number of hydrogen-bond acceptors (Lipinski definition) is 3. The summed E-state index contributed by atoms with van der Waals surface area (Å²) < 4.78 is 18.5. The van der Waals surface area contributed by atoms with Gasteiger partial charge in [0.1, 0.15) is 5.75 Å². The van der Waals surface area contributed by atoms with E-state index < -0.39 is 10.8 Å². The molecule has 3 aromatic carbocycles. The maximum absolute atomic E-state index is 13.1. The highest BCUT2D eigenvalue weighted by Gasteiger charge is 2.20. The van der Waals surface area contributed by atoms with E-state index in [9.17, 15) is 9.00 Å². The van der Waals surface area contributed by atoms with Crippen molar-refractivity contribution in [3.8, 4) is 5.75 Å². The molecule has 1 unspecified atom stereocenters. The second-order valence-corrected chi connectivity index (χ2v) is 7.42. The van der Waals surface area contributed by atoms with Gasteiger partial charge in [-0.3, -0.25) is 4.79 Å². The second kappa shape index (κ2) is 8.64. The molecule has 0 heterocycles. The van der Waals surface area contributed by atoms with E-state index in [1.54, 1.807) is 18.1 Å². The molecule has 0 fully saturated rings. The molecule has 0 saturated carbocycles. The molecule has 138 valence electrons. The van der Waals surface area contributed by atoms with Crippen molar-refractivity contribution in [1.82, 2.24) is 0 Å². The number of ether oxygens (including phenoxy) is 1. The third-order valence-corrected chi connectivity index (χ3v) is 5.66. The normalized spacial score (nSPS) is 11.6. The van der Waals surface area contributed by atoms with Crippen LogP contribution in [0.3, 0.4) is 0 Å². The summed E-state index contributed by atoms with van der Waals surface area (Å²) in [6, 6.07) is 24.1. The van der Waals surface area contributed by atoms with Crippen LogP contribution in [0.4, 0.5) is 5.69 Å². The number of rotatable bonds is 6. The van der Waals surface area contributed by atoms with E-state index in [1.807, 2.05) is 72.8 Å². The number of anilines is 1. The lowest BCUT2D eigenvalue weighted by Gasteiger charge is -2.24. The first-order valence-electron chi connectivity index (χ1n) is 8.57. The van der Waals surface area contributed by atoms with Crippen LogP contribution in [0.2, 0.25) is 0 Å². The molecular weight excluding hydrogens is 358 g/mol. The van der Waals surface area contributed by atoms with Gasteiger partial charge in [0.2, 0.25) is 5.91 Å². The third-order valence-electron chi connectivity index (χ3n) is 4.21. The number of methoxy groups -OCH3 is 1. The number of benzene rings is 3. The van der Waals surface area contributed by atoms with Crippen LogP contribution >= 0.6 is 0 Å². The molecule has 4 nitrogen and oxygen atoms in total. The molecule has 0 aliphatic rings. The molecule has 0 N–H and O–H groups in total. The Balaban J connectivity index is 2.02. The minimum absolute atomic E-state index is 0.126. The number of amides is 1. The Morgan fingerprint density at radius 1 is 0.926 bits per heavy atom. The maximum atomic E-state index is 13.1. The first kappa shape index (κ1) is 18.9. The highest BCUT2D eigenvalue weighted by atomic mass is 32.2. The molecule has 0 saturated heterocycles. The van der Waals surface area contributed by atoms with Gasteiger partial charge in [-0.05, 0) is 30.3 Å². The fourth-order valence-corrected chi connectivity index (χ4v) is 4.11. The number of carbonyl (C=O) groups excluding carboxylic acids is 1. The van der Waals surface area contributed by atoms with Crippen LogP contribution in [0.5, 0.6) is 5.75 Å². The molecule has 0 radical (unpaired) electrons. The summed E-state index contributed by atoms with van der Waals surface area (Å²) in [6.07, 6.45) is 0. The lowest BCUT2D eigenvalue weighted by atomic mass is 10.1. The topological polar surface area (TPSA) is 46.6 Å². The van der Waals surface area contributed by atoms with Crippen LogP contribution in [-0.4, -0.2) is 17.2 Å². The Kier molecular flexibility index (Phi) is 6.04. The van der Waals surface area contributed by atoms with Gasteiger partial charge in [-0.25, -0.2) is 4.21 Å². The van der Waals surface area contributed by atoms with Crippen molar-refractivity contribution in [2.24, 2.45) is 0 Å². The van der Waals surface area contributed by atoms with Crippen molar-refractivity contribution < 1.29 is 13.7 Å². The van der Waals surface area contributed by atoms with E-state index in [0.717, 1.165) is 5.56 Å². The SMILES string of the molecule is COc1ccccc1CN(C(C)=O)c1ccccc1S(=O)c1ccccc1. The van der Waals surface area contributed by atoms with E-state index in [2.05, 4.69) is 0 Å². The smallest absolute Gasteiger partial charge is 0.224 e. The summed E-state index contributed by atoms with van der Waals surface area (Å²) in [7, 11) is 0.221. The van der Waals surface area contributed by atoms with Crippen molar-refractivity contribution >= 4 is 22.4 Å². The minimum Gasteiger partial charge on any atom is -0.496 e. The van der Waals surface area contributed by atoms with Crippen molar-refractivity contribution in [3.05, 3.63) is 84.4 Å². The fraction of sp³-hybridized carbons (Fsp3) is 0.136. The summed E-state index contributed by atoms with van der Waals surface area (Å²) in [4.78, 5) is 15.4. The molecule has 0 spiro atoms. The van der Waals surface area contributed by atoms with Crippen molar-refractivity contribution in [1.29, 1.82) is 0 Å². The monoisotopic (exact) mass is 379 g/mol. The van der Waals surface area contributed by atoms with Crippen molar-refractivity contribution in [2.45, 2.75) is 23.3 Å². The largest absolute Gasteiger partial charge is 0.496 e. The van der Waals surface area contributed by atoms with Gasteiger partial charge in [-0.1, -0.05) is 48.5 Å². The highest BCUT2D eigenvalue weighted by molar-refractivity contribution is 7.85. The first-order valence-corrected chi connectivity index (χ1v) is 9.72. The van der Waals surface area contributed by atoms with Gasteiger partial charge >= 0.3 is 0 Å². The average Bonchev–Trinajstić information content (AvgIpc) is 2.72. The average molecular weight is 379 g/mol. The summed E-state index contributed by atoms with van der Waals surface area (Å²) in [6.45, 7) is 1.85. The number of nitrogens with zero attached hydrogens (tertiary/aromatic N) is 1. The summed E-state index contributed by atoms with van der Waals surface area (Å²) in [5.41, 5.74) is 1.52. The van der Waals surface area contributed by atoms with Gasteiger partial charge in [0.25, 0.3) is 0 Å². The van der Waals surface area contributed by atoms with E-state index in [4.69, 9.17) is 4.74 Å². The minimum atomic E-state index is -1.39. The maximum Gasteiger partial charge on any atom is 0.224 e. The first-order chi connectivity index (χ1) is 13.1. The number of hydrogen-bond donors (Lipinski definition) is 0. The Morgan fingerprint density at radius 3 is 2.26 bits per heavy atom. The quantitative estimate of drug-likeness (QED) is 0.637. The lowest BCUT2D eigenvalue weighted by Crippen LogP contribution is -2.29. The molecule has 3 aromatic rings. The Bertz CT molecular complexity index is 957. The molecule has 0 bridgehead atoms. The predicted molar refractivity (Wildman–Crippen MR) is 107 cm³/mol. The van der Waals surface area contributed by atoms with Gasteiger partial charge in [-0.15, -0.1) is 0 Å². The van der Waals surface area contributed by atoms with Crippen molar-refractivity contribution in [2.75, 3.05) is 12.0 Å². The molecule has 0 aliphatic carbocycles. The number of carbonyl (C=O) groups is 1. The fourth-order valence-electron chi connectivity index (χ4n) is 2.88. The standard InChI is InChI=1S/C22H21NO3S/c1-17(24)23(16-18-10-6-8-14-21(18)26-2)20-13-7-9-15-22(20)27(25)19-11-4-3-5-12-19/h3-15H,16H2,1-2H3. The van der Waals surface area contributed by atoms with E-state index >= 15 is 0 Å². The van der Waals surface area contributed by atoms with E-state index in [1.165, 1.54) is 6.92 Å². The third kappa shape index (κ3) is 4.26. The Morgan fingerprint density at radius 2 is 1.56 bits per heavy atom. The van der Waals surface area contributed by atoms with Crippen LogP contribution in [0, 0.1) is 0 Å². The van der Waals surface area contributed by atoms with E-state index in [0.29, 0.717) is 27.8 Å². The van der Waals surface area contributed by atoms with Crippen LogP contribution in [-0.2, 0) is 22.1 Å². The summed E-state index contributed by atoms with van der Waals surface area (Å²) >= 11 is 0. The molecular formula is C22H21NO3S. The van der Waals surface area contributed by atoms with Gasteiger partial charge < -0.3 is 9.64 Å². The Hall–Kier alpha value is -2.92. The molecule has 5 heteroatoms. The zero-order valence-electron chi connectivity index (χ0n) is 15.3. The van der Waals surface area contributed by atoms with Crippen LogP contribution in [0.25, 0.3) is 0 Å². The highest BCUT2D eigenvalue weighted by Crippen LogP contribution is 2.30. The Labute approximate surface area is 161 Å². The summed E-state index contributed by atoms with van der Waals surface area (Å²) in [5.74, 6) is 0.587. The molecule has 0 aliphatic heterocycles. The van der Waals surface area contributed by atoms with Crippen LogP contribution in [0.1, 0.15) is 12.5 Å². The molecule has 27 heavy (non-hydrogen) atoms. The molecule has 1 atom stereocenters. The zero-order valence-corrected chi connectivity index (χ0v) is 16.1. The molecule has 1 amide bonds. The number of para-hydroxylation sites is 2. The lowest BCUT2D eigenvalue weighted by molar-refractivity contribution is -0.116. The van der Waals surface area contributed by atoms with Crippen LogP contribution < -0.4 is 9.64 Å². The molecule has 0 aromatic heterocycles. The van der Waals surface area contributed by atoms with Gasteiger partial charge in [0, 0.05) is 17.4 Å². The van der Waals surface area contributed by atoms with Crippen LogP contribution in [0.15, 0.2) is 88.7 Å². The van der Waals surface area contributed by atoms with Crippen molar-refractivity contribution in [3.63, 3.8) is 0 Å². The van der Waals surface area contributed by atoms with E-state index in [-0.39, 0.29) is 5.91 Å².